The van der Waals surface area contributed by atoms with Crippen LogP contribution in [-0.2, 0) is 28.1 Å². The van der Waals surface area contributed by atoms with Crippen molar-refractivity contribution in [1.82, 2.24) is 34.9 Å². The summed E-state index contributed by atoms with van der Waals surface area (Å²) in [6, 6.07) is 12.0. The molecule has 4 heterocycles. The number of likely N-dealkylation sites (N-methyl/N-ethyl adjacent to an activating group) is 1. The number of benzene rings is 1. The fraction of sp³-hybridized carbons (Fsp3) is 0.444. The summed E-state index contributed by atoms with van der Waals surface area (Å²) < 4.78 is 65.5. The quantitative estimate of drug-likeness (QED) is 0.345. The first kappa shape index (κ1) is 35.7. The van der Waals surface area contributed by atoms with Gasteiger partial charge in [0.05, 0.1) is 5.54 Å². The van der Waals surface area contributed by atoms with Gasteiger partial charge in [-0.05, 0) is 37.9 Å². The molecule has 0 radical (unpaired) electrons. The van der Waals surface area contributed by atoms with Gasteiger partial charge in [-0.15, -0.1) is 10.2 Å². The van der Waals surface area contributed by atoms with Crippen LogP contribution in [0.4, 0.5) is 32.3 Å². The van der Waals surface area contributed by atoms with Crippen molar-refractivity contribution in [2.75, 3.05) is 38.1 Å². The molecule has 2 aliphatic rings. The third kappa shape index (κ3) is 9.11. The first-order valence-electron chi connectivity index (χ1n) is 13.7. The highest BCUT2D eigenvalue weighted by molar-refractivity contribution is 5.90. The molecule has 2 aliphatic heterocycles. The van der Waals surface area contributed by atoms with Crippen LogP contribution in [0.15, 0.2) is 48.8 Å². The predicted octanol–water partition coefficient (Wildman–Crippen LogP) is 2.75. The van der Waals surface area contributed by atoms with Crippen molar-refractivity contribution in [1.29, 1.82) is 0 Å². The molecule has 0 bridgehead atoms. The van der Waals surface area contributed by atoms with E-state index < -0.39 is 24.3 Å². The summed E-state index contributed by atoms with van der Waals surface area (Å²) in [4.78, 5) is 44.0. The van der Waals surface area contributed by atoms with E-state index in [4.69, 9.17) is 19.8 Å². The number of nitrogens with one attached hydrogen (secondary N) is 1. The number of fused-ring (bicyclic) bond motifs is 2. The highest BCUT2D eigenvalue weighted by atomic mass is 19.4. The van der Waals surface area contributed by atoms with Crippen LogP contribution in [0, 0.1) is 0 Å². The van der Waals surface area contributed by atoms with E-state index in [1.807, 2.05) is 28.8 Å². The van der Waals surface area contributed by atoms with E-state index >= 15 is 0 Å². The molecule has 5 rings (SSSR count). The van der Waals surface area contributed by atoms with Crippen molar-refractivity contribution in [3.8, 4) is 0 Å². The Morgan fingerprint density at radius 1 is 0.848 bits per heavy atom. The van der Waals surface area contributed by atoms with Crippen LogP contribution in [0.25, 0.3) is 0 Å². The maximum Gasteiger partial charge on any atom is 0.490 e. The Hall–Kier alpha value is -4.81. The lowest BCUT2D eigenvalue weighted by atomic mass is 9.83. The number of anilines is 1. The van der Waals surface area contributed by atoms with Crippen molar-refractivity contribution >= 4 is 23.8 Å². The van der Waals surface area contributed by atoms with Gasteiger partial charge in [0.2, 0.25) is 11.8 Å². The minimum Gasteiger partial charge on any atom is -0.475 e. The monoisotopic (exact) mass is 660 g/mol. The lowest BCUT2D eigenvalue weighted by Gasteiger charge is -2.49. The number of carbonyl (C=O) groups excluding carboxylic acids is 1. The molecule has 1 amide bonds. The molecule has 19 heteroatoms. The number of carboxylic acids is 2. The number of carboxylic acid groups (broad SMARTS) is 2. The maximum absolute atomic E-state index is 12.9. The zero-order valence-corrected chi connectivity index (χ0v) is 24.3. The van der Waals surface area contributed by atoms with Crippen molar-refractivity contribution in [2.45, 2.75) is 43.7 Å². The predicted molar refractivity (Wildman–Crippen MR) is 148 cm³/mol. The van der Waals surface area contributed by atoms with Gasteiger partial charge in [-0.2, -0.15) is 26.3 Å². The van der Waals surface area contributed by atoms with Crippen molar-refractivity contribution in [3.05, 3.63) is 66.0 Å². The Kier molecular flexibility index (Phi) is 11.6. The van der Waals surface area contributed by atoms with Crippen LogP contribution < -0.4 is 10.2 Å². The number of aliphatic carboxylic acids is 2. The number of rotatable bonds is 5. The third-order valence-corrected chi connectivity index (χ3v) is 7.21. The number of nitrogens with zero attached hydrogens (tertiary/aromatic N) is 7. The van der Waals surface area contributed by atoms with Gasteiger partial charge in [0, 0.05) is 45.1 Å². The number of aromatic nitrogens is 5. The average molecular weight is 661 g/mol. The normalized spacial score (nSPS) is 15.8. The Morgan fingerprint density at radius 2 is 1.39 bits per heavy atom. The van der Waals surface area contributed by atoms with Crippen LogP contribution in [0.2, 0.25) is 0 Å². The molecule has 1 saturated heterocycles. The van der Waals surface area contributed by atoms with E-state index in [-0.39, 0.29) is 11.4 Å². The molecule has 0 unspecified atom stereocenters. The molecule has 1 fully saturated rings. The van der Waals surface area contributed by atoms with Crippen LogP contribution in [0.3, 0.4) is 0 Å². The standard InChI is InChI=1S/C23H28N8O.2C2HF3O2/c1-29-16-17-31-19(20(32)24-13-8-18-6-3-2-4-7-18)27-28-21(31)23(29)9-14-30(15-10-23)22-25-11-5-12-26-22;2*3-2(4,5)1(6)7/h2-7,11-12H,8-10,13-17H2,1H3,(H,24,32);2*(H,6,7). The molecular formula is C27H30F6N8O5. The molecular weight excluding hydrogens is 630 g/mol. The lowest BCUT2D eigenvalue weighted by molar-refractivity contribution is -0.193. The highest BCUT2D eigenvalue weighted by Gasteiger charge is 2.47. The minimum atomic E-state index is -5.08. The molecule has 2 aromatic heterocycles. The van der Waals surface area contributed by atoms with Crippen LogP contribution in [0.1, 0.15) is 34.8 Å². The van der Waals surface area contributed by atoms with Crippen molar-refractivity contribution in [2.24, 2.45) is 0 Å². The third-order valence-electron chi connectivity index (χ3n) is 7.21. The van der Waals surface area contributed by atoms with E-state index in [2.05, 4.69) is 54.5 Å². The topological polar surface area (TPSA) is 167 Å². The van der Waals surface area contributed by atoms with Gasteiger partial charge >= 0.3 is 24.3 Å². The second-order valence-electron chi connectivity index (χ2n) is 10.1. The Bertz CT molecular complexity index is 1440. The van der Waals surface area contributed by atoms with Gasteiger partial charge in [0.1, 0.15) is 0 Å². The molecule has 0 atom stereocenters. The molecule has 13 nitrogen and oxygen atoms in total. The van der Waals surface area contributed by atoms with Gasteiger partial charge in [-0.25, -0.2) is 19.6 Å². The Labute approximate surface area is 257 Å². The van der Waals surface area contributed by atoms with Crippen molar-refractivity contribution in [3.63, 3.8) is 0 Å². The van der Waals surface area contributed by atoms with Gasteiger partial charge in [0.15, 0.2) is 5.82 Å². The van der Waals surface area contributed by atoms with Crippen LogP contribution >= 0.6 is 0 Å². The first-order chi connectivity index (χ1) is 21.6. The number of halogens is 6. The smallest absolute Gasteiger partial charge is 0.475 e. The SMILES string of the molecule is CN1CCn2c(C(=O)NCCc3ccccc3)nnc2C12CCN(c1ncccn1)CC2.O=C(O)C(F)(F)F.O=C(O)C(F)(F)F. The molecule has 46 heavy (non-hydrogen) atoms. The molecule has 0 saturated carbocycles. The number of hydrogen-bond acceptors (Lipinski definition) is 9. The fourth-order valence-electron chi connectivity index (χ4n) is 4.84. The number of amides is 1. The second-order valence-corrected chi connectivity index (χ2v) is 10.1. The molecule has 0 aliphatic carbocycles. The number of piperidine rings is 1. The highest BCUT2D eigenvalue weighted by Crippen LogP contribution is 2.40. The fourth-order valence-corrected chi connectivity index (χ4v) is 4.84. The molecule has 1 spiro atoms. The summed E-state index contributed by atoms with van der Waals surface area (Å²) in [5.74, 6) is -3.60. The summed E-state index contributed by atoms with van der Waals surface area (Å²) in [5.41, 5.74) is 0.977. The zero-order valence-electron chi connectivity index (χ0n) is 24.3. The van der Waals surface area contributed by atoms with Crippen LogP contribution in [-0.4, -0.2) is 103 Å². The summed E-state index contributed by atoms with van der Waals surface area (Å²) in [5, 5.41) is 26.1. The van der Waals surface area contributed by atoms with Crippen molar-refractivity contribution < 1.29 is 50.9 Å². The second kappa shape index (κ2) is 15.0. The maximum atomic E-state index is 12.9. The summed E-state index contributed by atoms with van der Waals surface area (Å²) in [6.07, 6.45) is -4.06. The van der Waals surface area contributed by atoms with Gasteiger partial charge in [0.25, 0.3) is 5.91 Å². The Morgan fingerprint density at radius 3 is 1.91 bits per heavy atom. The lowest BCUT2D eigenvalue weighted by Crippen LogP contribution is -2.56. The van der Waals surface area contributed by atoms with E-state index in [0.717, 1.165) is 50.7 Å². The van der Waals surface area contributed by atoms with E-state index in [1.165, 1.54) is 5.56 Å². The molecule has 1 aromatic carbocycles. The van der Waals surface area contributed by atoms with Gasteiger partial charge < -0.3 is 25.0 Å². The average Bonchev–Trinajstić information content (AvgIpc) is 3.46. The summed E-state index contributed by atoms with van der Waals surface area (Å²) in [6.45, 7) is 3.81. The largest absolute Gasteiger partial charge is 0.490 e. The van der Waals surface area contributed by atoms with E-state index in [1.54, 1.807) is 12.4 Å². The minimum absolute atomic E-state index is 0.158. The molecule has 250 valence electrons. The van der Waals surface area contributed by atoms with Crippen LogP contribution in [0.5, 0.6) is 0 Å². The first-order valence-corrected chi connectivity index (χ1v) is 13.7. The summed E-state index contributed by atoms with van der Waals surface area (Å²) in [7, 11) is 2.15. The summed E-state index contributed by atoms with van der Waals surface area (Å²) >= 11 is 0. The number of hydrogen-bond donors (Lipinski definition) is 3. The number of alkyl halides is 6. The molecule has 3 N–H and O–H groups in total. The number of carbonyl (C=O) groups is 3. The van der Waals surface area contributed by atoms with E-state index in [0.29, 0.717) is 18.9 Å². The molecule has 3 aromatic rings. The van der Waals surface area contributed by atoms with E-state index in [9.17, 15) is 31.1 Å². The zero-order chi connectivity index (χ0) is 34.1. The Balaban J connectivity index is 0.000000345. The van der Waals surface area contributed by atoms with Gasteiger partial charge in [-0.1, -0.05) is 30.3 Å². The van der Waals surface area contributed by atoms with Gasteiger partial charge in [-0.3, -0.25) is 9.69 Å².